The molecule has 4 aromatic rings. The van der Waals surface area contributed by atoms with E-state index in [1.807, 2.05) is 13.0 Å². The number of ketones is 1. The van der Waals surface area contributed by atoms with E-state index >= 15 is 0 Å². The topological polar surface area (TPSA) is 99.5 Å². The SMILES string of the molecule is Cc1ccc2c(c1)c(=O)c(C(=O)c1ccncc1)cn2CC(=O)Nc1ccc2c(c1)OCCO2. The number of carbonyl (C=O) groups is 2. The summed E-state index contributed by atoms with van der Waals surface area (Å²) in [5.41, 5.74) is 1.99. The molecule has 0 bridgehead atoms. The Morgan fingerprint density at radius 1 is 1.00 bits per heavy atom. The van der Waals surface area contributed by atoms with Crippen LogP contribution in [0.5, 0.6) is 11.5 Å². The number of amides is 1. The van der Waals surface area contributed by atoms with Crippen LogP contribution in [0, 0.1) is 6.92 Å². The van der Waals surface area contributed by atoms with Gasteiger partial charge in [-0.25, -0.2) is 0 Å². The second-order valence-corrected chi connectivity index (χ2v) is 7.99. The zero-order chi connectivity index (χ0) is 23.7. The molecule has 0 radical (unpaired) electrons. The molecular weight excluding hydrogens is 434 g/mol. The third kappa shape index (κ3) is 4.13. The first-order valence-corrected chi connectivity index (χ1v) is 10.8. The maximum absolute atomic E-state index is 13.2. The van der Waals surface area contributed by atoms with Gasteiger partial charge in [0, 0.05) is 41.3 Å². The van der Waals surface area contributed by atoms with E-state index in [9.17, 15) is 14.4 Å². The van der Waals surface area contributed by atoms with Gasteiger partial charge in [-0.05, 0) is 43.3 Å². The van der Waals surface area contributed by atoms with Gasteiger partial charge in [0.2, 0.25) is 11.3 Å². The van der Waals surface area contributed by atoms with Crippen LogP contribution in [0.2, 0.25) is 0 Å². The Morgan fingerprint density at radius 2 is 1.76 bits per heavy atom. The van der Waals surface area contributed by atoms with E-state index in [0.29, 0.717) is 46.9 Å². The first kappa shape index (κ1) is 21.4. The number of fused-ring (bicyclic) bond motifs is 2. The molecule has 0 aliphatic carbocycles. The zero-order valence-electron chi connectivity index (χ0n) is 18.4. The molecular formula is C26H21N3O5. The van der Waals surface area contributed by atoms with Gasteiger partial charge in [0.15, 0.2) is 17.3 Å². The summed E-state index contributed by atoms with van der Waals surface area (Å²) < 4.78 is 12.7. The summed E-state index contributed by atoms with van der Waals surface area (Å²) in [7, 11) is 0. The first-order valence-electron chi connectivity index (χ1n) is 10.8. The molecule has 170 valence electrons. The van der Waals surface area contributed by atoms with E-state index in [-0.39, 0.29) is 23.4 Å². The van der Waals surface area contributed by atoms with Crippen LogP contribution in [0.25, 0.3) is 10.9 Å². The molecule has 2 aromatic carbocycles. The van der Waals surface area contributed by atoms with Crippen molar-refractivity contribution in [3.8, 4) is 11.5 Å². The minimum atomic E-state index is -0.420. The van der Waals surface area contributed by atoms with Gasteiger partial charge in [-0.15, -0.1) is 0 Å². The number of ether oxygens (including phenoxy) is 2. The number of aromatic nitrogens is 2. The van der Waals surface area contributed by atoms with Crippen molar-refractivity contribution in [3.05, 3.63) is 94.0 Å². The van der Waals surface area contributed by atoms with Crippen molar-refractivity contribution in [2.45, 2.75) is 13.5 Å². The van der Waals surface area contributed by atoms with Gasteiger partial charge < -0.3 is 19.4 Å². The number of hydrogen-bond donors (Lipinski definition) is 1. The molecule has 0 saturated heterocycles. The summed E-state index contributed by atoms with van der Waals surface area (Å²) in [4.78, 5) is 43.1. The van der Waals surface area contributed by atoms with Crippen molar-refractivity contribution >= 4 is 28.3 Å². The molecule has 1 N–H and O–H groups in total. The van der Waals surface area contributed by atoms with Gasteiger partial charge in [-0.2, -0.15) is 0 Å². The summed E-state index contributed by atoms with van der Waals surface area (Å²) in [6.45, 7) is 2.71. The summed E-state index contributed by atoms with van der Waals surface area (Å²) in [5.74, 6) is 0.463. The number of aryl methyl sites for hydroxylation is 1. The lowest BCUT2D eigenvalue weighted by atomic mass is 10.0. The Hall–Kier alpha value is -4.46. The fourth-order valence-electron chi connectivity index (χ4n) is 3.94. The number of anilines is 1. The Morgan fingerprint density at radius 3 is 2.56 bits per heavy atom. The number of hydrogen-bond acceptors (Lipinski definition) is 6. The highest BCUT2D eigenvalue weighted by Crippen LogP contribution is 2.32. The van der Waals surface area contributed by atoms with E-state index < -0.39 is 5.78 Å². The number of rotatable bonds is 5. The molecule has 0 fully saturated rings. The van der Waals surface area contributed by atoms with Crippen LogP contribution in [0.3, 0.4) is 0 Å². The summed E-state index contributed by atoms with van der Waals surface area (Å²) in [6, 6.07) is 13.7. The fraction of sp³-hybridized carbons (Fsp3) is 0.154. The highest BCUT2D eigenvalue weighted by atomic mass is 16.6. The molecule has 0 saturated carbocycles. The van der Waals surface area contributed by atoms with E-state index in [1.54, 1.807) is 47.0 Å². The van der Waals surface area contributed by atoms with Crippen molar-refractivity contribution in [1.29, 1.82) is 0 Å². The number of carbonyl (C=O) groups excluding carboxylic acids is 2. The quantitative estimate of drug-likeness (QED) is 0.464. The predicted octanol–water partition coefficient (Wildman–Crippen LogP) is 3.35. The van der Waals surface area contributed by atoms with E-state index in [1.165, 1.54) is 18.6 Å². The van der Waals surface area contributed by atoms with Crippen LogP contribution in [0.1, 0.15) is 21.5 Å². The minimum absolute atomic E-state index is 0.00331. The molecule has 8 nitrogen and oxygen atoms in total. The smallest absolute Gasteiger partial charge is 0.244 e. The van der Waals surface area contributed by atoms with Crippen molar-refractivity contribution in [3.63, 3.8) is 0 Å². The molecule has 1 aliphatic rings. The maximum Gasteiger partial charge on any atom is 0.244 e. The molecule has 0 unspecified atom stereocenters. The number of benzene rings is 2. The monoisotopic (exact) mass is 455 g/mol. The maximum atomic E-state index is 13.2. The van der Waals surface area contributed by atoms with Crippen LogP contribution in [0.15, 0.2) is 71.9 Å². The summed E-state index contributed by atoms with van der Waals surface area (Å²) >= 11 is 0. The Balaban J connectivity index is 1.50. The number of nitrogens with zero attached hydrogens (tertiary/aromatic N) is 2. The minimum Gasteiger partial charge on any atom is -0.486 e. The Kier molecular flexibility index (Phi) is 5.55. The molecule has 5 rings (SSSR count). The highest BCUT2D eigenvalue weighted by molar-refractivity contribution is 6.10. The van der Waals surface area contributed by atoms with E-state index in [2.05, 4.69) is 10.3 Å². The van der Waals surface area contributed by atoms with Crippen molar-refractivity contribution in [1.82, 2.24) is 9.55 Å². The molecule has 0 atom stereocenters. The molecule has 1 aliphatic heterocycles. The molecule has 34 heavy (non-hydrogen) atoms. The Labute approximate surface area is 194 Å². The van der Waals surface area contributed by atoms with Crippen LogP contribution in [0.4, 0.5) is 5.69 Å². The number of pyridine rings is 2. The second-order valence-electron chi connectivity index (χ2n) is 7.99. The Bertz CT molecular complexity index is 1480. The van der Waals surface area contributed by atoms with Crippen molar-refractivity contribution in [2.75, 3.05) is 18.5 Å². The highest BCUT2D eigenvalue weighted by Gasteiger charge is 2.19. The van der Waals surface area contributed by atoms with E-state index in [4.69, 9.17) is 9.47 Å². The van der Waals surface area contributed by atoms with E-state index in [0.717, 1.165) is 5.56 Å². The van der Waals surface area contributed by atoms with Crippen LogP contribution >= 0.6 is 0 Å². The van der Waals surface area contributed by atoms with Gasteiger partial charge >= 0.3 is 0 Å². The van der Waals surface area contributed by atoms with Gasteiger partial charge in [0.1, 0.15) is 19.8 Å². The molecule has 3 heterocycles. The average Bonchev–Trinajstić information content (AvgIpc) is 2.85. The summed E-state index contributed by atoms with van der Waals surface area (Å²) in [6.07, 6.45) is 4.45. The van der Waals surface area contributed by atoms with Crippen LogP contribution in [-0.2, 0) is 11.3 Å². The summed E-state index contributed by atoms with van der Waals surface area (Å²) in [5, 5.41) is 3.23. The average molecular weight is 455 g/mol. The third-order valence-corrected chi connectivity index (χ3v) is 5.56. The lowest BCUT2D eigenvalue weighted by Gasteiger charge is -2.19. The lowest BCUT2D eigenvalue weighted by Crippen LogP contribution is -2.24. The molecule has 2 aromatic heterocycles. The number of nitrogens with one attached hydrogen (secondary N) is 1. The lowest BCUT2D eigenvalue weighted by molar-refractivity contribution is -0.116. The first-order chi connectivity index (χ1) is 16.5. The molecule has 8 heteroatoms. The molecule has 1 amide bonds. The van der Waals surface area contributed by atoms with Gasteiger partial charge in [-0.1, -0.05) is 11.6 Å². The van der Waals surface area contributed by atoms with Crippen LogP contribution in [-0.4, -0.2) is 34.5 Å². The normalized spacial score (nSPS) is 12.4. The van der Waals surface area contributed by atoms with Crippen molar-refractivity contribution in [2.24, 2.45) is 0 Å². The van der Waals surface area contributed by atoms with Crippen LogP contribution < -0.4 is 20.2 Å². The standard InChI is InChI=1S/C26H21N3O5/c1-16-2-4-21-19(12-16)26(32)20(25(31)17-6-8-27-9-7-17)14-29(21)15-24(30)28-18-3-5-22-23(13-18)34-11-10-33-22/h2-9,12-14H,10-11,15H2,1H3,(H,28,30). The van der Waals surface area contributed by atoms with Crippen molar-refractivity contribution < 1.29 is 19.1 Å². The van der Waals surface area contributed by atoms with Gasteiger partial charge in [-0.3, -0.25) is 19.4 Å². The van der Waals surface area contributed by atoms with Gasteiger partial charge in [0.25, 0.3) is 0 Å². The van der Waals surface area contributed by atoms with Gasteiger partial charge in [0.05, 0.1) is 11.1 Å². The largest absolute Gasteiger partial charge is 0.486 e. The second kappa shape index (κ2) is 8.82. The fourth-order valence-corrected chi connectivity index (χ4v) is 3.94. The predicted molar refractivity (Wildman–Crippen MR) is 127 cm³/mol. The molecule has 0 spiro atoms. The zero-order valence-corrected chi connectivity index (χ0v) is 18.4. The third-order valence-electron chi connectivity index (χ3n) is 5.56.